The molecule has 0 unspecified atom stereocenters. The molecule has 9 nitrogen and oxygen atoms in total. The summed E-state index contributed by atoms with van der Waals surface area (Å²) in [5, 5.41) is 12.7. The zero-order chi connectivity index (χ0) is 25.9. The SMILES string of the molecule is COc1ccc(C#N)cc1-c1cc(C)ncc1C(=O)Nc1nc2c(s1)CN(C(=O)c1ccncc1)CC2. The number of nitrogens with zero attached hydrogens (tertiary/aromatic N) is 5. The van der Waals surface area contributed by atoms with E-state index in [0.717, 1.165) is 16.3 Å². The van der Waals surface area contributed by atoms with E-state index in [4.69, 9.17) is 4.74 Å². The van der Waals surface area contributed by atoms with Crippen molar-refractivity contribution in [2.75, 3.05) is 19.0 Å². The molecule has 2 amide bonds. The van der Waals surface area contributed by atoms with Gasteiger partial charge in [-0.25, -0.2) is 4.98 Å². The molecule has 0 radical (unpaired) electrons. The van der Waals surface area contributed by atoms with Gasteiger partial charge in [0.05, 0.1) is 36.5 Å². The maximum absolute atomic E-state index is 13.4. The normalized spacial score (nSPS) is 12.4. The van der Waals surface area contributed by atoms with Gasteiger partial charge in [0, 0.05) is 58.8 Å². The Labute approximate surface area is 217 Å². The van der Waals surface area contributed by atoms with Crippen LogP contribution >= 0.6 is 11.3 Å². The van der Waals surface area contributed by atoms with Gasteiger partial charge in [-0.1, -0.05) is 11.3 Å². The molecule has 0 fully saturated rings. The molecular formula is C27H22N6O3S. The van der Waals surface area contributed by atoms with Gasteiger partial charge in [0.25, 0.3) is 11.8 Å². The van der Waals surface area contributed by atoms with E-state index in [1.165, 1.54) is 17.5 Å². The number of rotatable bonds is 5. The molecule has 184 valence electrons. The molecule has 4 heterocycles. The van der Waals surface area contributed by atoms with Crippen LogP contribution in [0.3, 0.4) is 0 Å². The topological polar surface area (TPSA) is 121 Å². The fourth-order valence-electron chi connectivity index (χ4n) is 4.22. The van der Waals surface area contributed by atoms with E-state index in [-0.39, 0.29) is 11.8 Å². The van der Waals surface area contributed by atoms with Crippen LogP contribution in [-0.4, -0.2) is 45.3 Å². The van der Waals surface area contributed by atoms with E-state index >= 15 is 0 Å². The Kier molecular flexibility index (Phi) is 6.62. The third-order valence-corrected chi connectivity index (χ3v) is 7.07. The van der Waals surface area contributed by atoms with Gasteiger partial charge < -0.3 is 9.64 Å². The minimum absolute atomic E-state index is 0.0593. The summed E-state index contributed by atoms with van der Waals surface area (Å²) in [6.45, 7) is 2.81. The average Bonchev–Trinajstić information content (AvgIpc) is 3.34. The van der Waals surface area contributed by atoms with Gasteiger partial charge in [-0.15, -0.1) is 0 Å². The van der Waals surface area contributed by atoms with E-state index in [9.17, 15) is 14.9 Å². The van der Waals surface area contributed by atoms with Crippen LogP contribution in [0.5, 0.6) is 5.75 Å². The number of amides is 2. The molecule has 0 saturated heterocycles. The van der Waals surface area contributed by atoms with E-state index in [0.29, 0.717) is 58.2 Å². The number of hydrogen-bond donors (Lipinski definition) is 1. The van der Waals surface area contributed by atoms with Crippen molar-refractivity contribution < 1.29 is 14.3 Å². The van der Waals surface area contributed by atoms with Crippen molar-refractivity contribution in [2.24, 2.45) is 0 Å². The predicted octanol–water partition coefficient (Wildman–Crippen LogP) is 4.24. The van der Waals surface area contributed by atoms with Gasteiger partial charge in [0.2, 0.25) is 0 Å². The first-order chi connectivity index (χ1) is 18.0. The Bertz CT molecular complexity index is 1540. The summed E-state index contributed by atoms with van der Waals surface area (Å²) in [6, 6.07) is 12.4. The number of ether oxygens (including phenoxy) is 1. The first kappa shape index (κ1) is 24.1. The van der Waals surface area contributed by atoms with Crippen LogP contribution in [0.4, 0.5) is 5.13 Å². The summed E-state index contributed by atoms with van der Waals surface area (Å²) in [6.07, 6.45) is 5.32. The van der Waals surface area contributed by atoms with Crippen LogP contribution in [-0.2, 0) is 13.0 Å². The highest BCUT2D eigenvalue weighted by atomic mass is 32.1. The molecule has 10 heteroatoms. The van der Waals surface area contributed by atoms with Crippen molar-refractivity contribution in [2.45, 2.75) is 19.9 Å². The molecule has 1 aliphatic rings. The number of aryl methyl sites for hydroxylation is 1. The van der Waals surface area contributed by atoms with Crippen LogP contribution in [0.2, 0.25) is 0 Å². The first-order valence-corrected chi connectivity index (χ1v) is 12.3. The number of anilines is 1. The molecular weight excluding hydrogens is 488 g/mol. The van der Waals surface area contributed by atoms with Crippen LogP contribution in [0.1, 0.15) is 42.5 Å². The Hall–Kier alpha value is -4.62. The first-order valence-electron chi connectivity index (χ1n) is 11.5. The second-order valence-corrected chi connectivity index (χ2v) is 9.54. The quantitative estimate of drug-likeness (QED) is 0.426. The van der Waals surface area contributed by atoms with Crippen LogP contribution < -0.4 is 10.1 Å². The fraction of sp³-hybridized carbons (Fsp3) is 0.185. The molecule has 0 spiro atoms. The summed E-state index contributed by atoms with van der Waals surface area (Å²) < 4.78 is 5.50. The number of nitrogens with one attached hydrogen (secondary N) is 1. The maximum atomic E-state index is 13.4. The second kappa shape index (κ2) is 10.2. The van der Waals surface area contributed by atoms with Crippen molar-refractivity contribution in [1.82, 2.24) is 19.9 Å². The van der Waals surface area contributed by atoms with Crippen LogP contribution in [0.15, 0.2) is 55.0 Å². The molecule has 5 rings (SSSR count). The number of pyridine rings is 2. The van der Waals surface area contributed by atoms with Gasteiger partial charge in [-0.2, -0.15) is 5.26 Å². The zero-order valence-electron chi connectivity index (χ0n) is 20.2. The van der Waals surface area contributed by atoms with Crippen molar-refractivity contribution >= 4 is 28.3 Å². The van der Waals surface area contributed by atoms with E-state index in [1.54, 1.807) is 60.8 Å². The lowest BCUT2D eigenvalue weighted by Gasteiger charge is -2.26. The number of aromatic nitrogens is 3. The third kappa shape index (κ3) is 4.90. The monoisotopic (exact) mass is 510 g/mol. The molecule has 37 heavy (non-hydrogen) atoms. The average molecular weight is 511 g/mol. The molecule has 0 bridgehead atoms. The number of carbonyl (C=O) groups is 2. The van der Waals surface area contributed by atoms with Gasteiger partial charge >= 0.3 is 0 Å². The predicted molar refractivity (Wildman–Crippen MR) is 138 cm³/mol. The lowest BCUT2D eigenvalue weighted by atomic mass is 9.97. The Morgan fingerprint density at radius 1 is 1.16 bits per heavy atom. The smallest absolute Gasteiger partial charge is 0.259 e. The molecule has 0 aliphatic carbocycles. The van der Waals surface area contributed by atoms with Crippen molar-refractivity contribution in [3.63, 3.8) is 0 Å². The Morgan fingerprint density at radius 2 is 1.97 bits per heavy atom. The summed E-state index contributed by atoms with van der Waals surface area (Å²) in [5.41, 5.74) is 4.21. The molecule has 0 atom stereocenters. The van der Waals surface area contributed by atoms with Gasteiger partial charge in [-0.05, 0) is 43.3 Å². The van der Waals surface area contributed by atoms with Gasteiger partial charge in [-0.3, -0.25) is 24.9 Å². The third-order valence-electron chi connectivity index (χ3n) is 6.07. The Balaban J connectivity index is 1.40. The van der Waals surface area contributed by atoms with Crippen LogP contribution in [0, 0.1) is 18.3 Å². The van der Waals surface area contributed by atoms with Crippen molar-refractivity contribution in [3.8, 4) is 22.9 Å². The summed E-state index contributed by atoms with van der Waals surface area (Å²) in [4.78, 5) is 41.9. The lowest BCUT2D eigenvalue weighted by Crippen LogP contribution is -2.35. The standard InChI is InChI=1S/C27H22N6O3S/c1-16-11-19(20-12-17(13-28)3-4-23(20)36-2)21(14-30-16)25(34)32-27-31-22-7-10-33(15-24(22)37-27)26(35)18-5-8-29-9-6-18/h3-6,8-9,11-12,14H,7,10,15H2,1-2H3,(H,31,32,34). The molecule has 1 aromatic carbocycles. The molecule has 3 aromatic heterocycles. The van der Waals surface area contributed by atoms with Crippen molar-refractivity contribution in [1.29, 1.82) is 5.26 Å². The highest BCUT2D eigenvalue weighted by molar-refractivity contribution is 7.15. The molecule has 4 aromatic rings. The van der Waals surface area contributed by atoms with Crippen LogP contribution in [0.25, 0.3) is 11.1 Å². The fourth-order valence-corrected chi connectivity index (χ4v) is 5.23. The highest BCUT2D eigenvalue weighted by Crippen LogP contribution is 2.35. The maximum Gasteiger partial charge on any atom is 0.259 e. The minimum Gasteiger partial charge on any atom is -0.496 e. The number of benzene rings is 1. The number of methoxy groups -OCH3 is 1. The van der Waals surface area contributed by atoms with Crippen molar-refractivity contribution in [3.05, 3.63) is 87.9 Å². The summed E-state index contributed by atoms with van der Waals surface area (Å²) in [7, 11) is 1.54. The summed E-state index contributed by atoms with van der Waals surface area (Å²) >= 11 is 1.36. The van der Waals surface area contributed by atoms with Gasteiger partial charge in [0.1, 0.15) is 5.75 Å². The molecule has 1 aliphatic heterocycles. The summed E-state index contributed by atoms with van der Waals surface area (Å²) in [5.74, 6) is 0.112. The number of fused-ring (bicyclic) bond motifs is 1. The van der Waals surface area contributed by atoms with Gasteiger partial charge in [0.15, 0.2) is 5.13 Å². The second-order valence-electron chi connectivity index (χ2n) is 8.45. The molecule has 0 saturated carbocycles. The lowest BCUT2D eigenvalue weighted by molar-refractivity contribution is 0.0736. The number of nitriles is 1. The Morgan fingerprint density at radius 3 is 2.73 bits per heavy atom. The van der Waals surface area contributed by atoms with E-state index in [1.807, 2.05) is 6.92 Å². The highest BCUT2D eigenvalue weighted by Gasteiger charge is 2.26. The largest absolute Gasteiger partial charge is 0.496 e. The number of thiazole rings is 1. The minimum atomic E-state index is -0.372. The number of carbonyl (C=O) groups excluding carboxylic acids is 2. The number of hydrogen-bond acceptors (Lipinski definition) is 8. The molecule has 1 N–H and O–H groups in total. The van der Waals surface area contributed by atoms with E-state index < -0.39 is 0 Å². The van der Waals surface area contributed by atoms with E-state index in [2.05, 4.69) is 26.3 Å². The zero-order valence-corrected chi connectivity index (χ0v) is 21.0.